The predicted molar refractivity (Wildman–Crippen MR) is 163 cm³/mol. The van der Waals surface area contributed by atoms with Gasteiger partial charge in [-0.1, -0.05) is 106 Å². The maximum Gasteiger partial charge on any atom is 0.322 e. The number of urea groups is 2. The monoisotopic (exact) mass is 666 g/mol. The van der Waals surface area contributed by atoms with Gasteiger partial charge in [0.1, 0.15) is 0 Å². The van der Waals surface area contributed by atoms with Crippen LogP contribution in [-0.2, 0) is 0 Å². The number of carbonyl (C=O) groups excluding carboxylic acids is 2. The highest BCUT2D eigenvalue weighted by Crippen LogP contribution is 2.38. The first-order valence-corrected chi connectivity index (χ1v) is 13.8. The number of carbonyl (C=O) groups is 2. The van der Waals surface area contributed by atoms with Gasteiger partial charge in [0, 0.05) is 11.4 Å². The smallest absolute Gasteiger partial charge is 0.322 e. The van der Waals surface area contributed by atoms with Crippen LogP contribution >= 0.6 is 69.6 Å². The molecule has 0 unspecified atom stereocenters. The van der Waals surface area contributed by atoms with E-state index < -0.39 is 32.1 Å². The van der Waals surface area contributed by atoms with Crippen LogP contribution in [0.4, 0.5) is 21.0 Å². The second-order valence-electron chi connectivity index (χ2n) is 8.46. The summed E-state index contributed by atoms with van der Waals surface area (Å²) >= 11 is 36.6. The Morgan fingerprint density at radius 2 is 1.00 bits per heavy atom. The van der Waals surface area contributed by atoms with Crippen molar-refractivity contribution in [1.29, 1.82) is 0 Å². The van der Waals surface area contributed by atoms with Gasteiger partial charge in [0.15, 0.2) is 11.5 Å². The topological polar surface area (TPSA) is 101 Å². The Hall–Kier alpha value is -2.46. The molecule has 214 valence electrons. The molecule has 3 aromatic carbocycles. The highest BCUT2D eigenvalue weighted by atomic mass is 35.6. The van der Waals surface area contributed by atoms with Gasteiger partial charge in [-0.25, -0.2) is 9.59 Å². The molecule has 0 aromatic heterocycles. The molecule has 0 aliphatic rings. The minimum absolute atomic E-state index is 0.00910. The van der Waals surface area contributed by atoms with Crippen LogP contribution in [0.3, 0.4) is 0 Å². The summed E-state index contributed by atoms with van der Waals surface area (Å²) in [6, 6.07) is 19.0. The fourth-order valence-corrected chi connectivity index (χ4v) is 3.87. The van der Waals surface area contributed by atoms with E-state index in [0.29, 0.717) is 11.4 Å². The van der Waals surface area contributed by atoms with Crippen molar-refractivity contribution in [3.8, 4) is 11.5 Å². The zero-order valence-electron chi connectivity index (χ0n) is 21.0. The normalized spacial score (nSPS) is 13.0. The van der Waals surface area contributed by atoms with E-state index in [1.165, 1.54) is 12.1 Å². The largest absolute Gasteiger partial charge is 0.462 e. The standard InChI is InChI=1S/C26H24Cl6N4O4/c1-15-7-5-9-17(13-15)33-23(37)35-21(25(27,28)29)39-19-11-3-4-12-20(19)40-22(26(30,31)32)36-24(38)34-18-10-6-8-16(2)14-18/h3-14,21-22H,1-2H3,(H2,33,35,37)(H2,34,36,38)/t21-,22+. The van der Waals surface area contributed by atoms with Crippen LogP contribution in [0.5, 0.6) is 11.5 Å². The Balaban J connectivity index is 1.76. The number of aryl methyl sites for hydroxylation is 2. The third-order valence-corrected chi connectivity index (χ3v) is 6.20. The SMILES string of the molecule is Cc1cccc(NC(=O)N[C@H](Oc2ccccc2O[C@H](NC(=O)Nc2cccc(C)c2)C(Cl)(Cl)Cl)C(Cl)(Cl)Cl)c1. The van der Waals surface area contributed by atoms with Gasteiger partial charge in [0.05, 0.1) is 0 Å². The molecule has 2 atom stereocenters. The van der Waals surface area contributed by atoms with Gasteiger partial charge in [-0.15, -0.1) is 0 Å². The molecule has 8 nitrogen and oxygen atoms in total. The van der Waals surface area contributed by atoms with E-state index in [2.05, 4.69) is 21.3 Å². The van der Waals surface area contributed by atoms with Gasteiger partial charge in [-0.05, 0) is 61.4 Å². The number of nitrogens with one attached hydrogen (secondary N) is 4. The average molecular weight is 669 g/mol. The number of rotatable bonds is 8. The summed E-state index contributed by atoms with van der Waals surface area (Å²) in [5.74, 6) is 0.0182. The van der Waals surface area contributed by atoms with Crippen molar-refractivity contribution in [2.75, 3.05) is 10.6 Å². The Morgan fingerprint density at radius 3 is 1.32 bits per heavy atom. The first-order chi connectivity index (χ1) is 18.7. The molecule has 4 N–H and O–H groups in total. The molecule has 14 heteroatoms. The highest BCUT2D eigenvalue weighted by Gasteiger charge is 2.39. The summed E-state index contributed by atoms with van der Waals surface area (Å²) in [4.78, 5) is 25.3. The molecule has 0 saturated carbocycles. The highest BCUT2D eigenvalue weighted by molar-refractivity contribution is 6.68. The number of amides is 4. The molecule has 3 rings (SSSR count). The van der Waals surface area contributed by atoms with E-state index in [1.54, 1.807) is 48.5 Å². The predicted octanol–water partition coefficient (Wildman–Crippen LogP) is 8.10. The van der Waals surface area contributed by atoms with Crippen molar-refractivity contribution >= 4 is 93.0 Å². The molecule has 0 bridgehead atoms. The summed E-state index contributed by atoms with van der Waals surface area (Å²) in [6.45, 7) is 3.75. The molecule has 4 amide bonds. The number of ether oxygens (including phenoxy) is 2. The summed E-state index contributed by atoms with van der Waals surface area (Å²) in [5.41, 5.74) is 2.90. The molecule has 0 heterocycles. The van der Waals surface area contributed by atoms with Gasteiger partial charge in [-0.2, -0.15) is 0 Å². The van der Waals surface area contributed by atoms with Crippen LogP contribution in [-0.4, -0.2) is 32.1 Å². The van der Waals surface area contributed by atoms with E-state index in [1.807, 2.05) is 26.0 Å². The van der Waals surface area contributed by atoms with E-state index in [4.69, 9.17) is 79.1 Å². The van der Waals surface area contributed by atoms with Crippen molar-refractivity contribution in [2.45, 2.75) is 33.9 Å². The van der Waals surface area contributed by atoms with Crippen LogP contribution in [0.25, 0.3) is 0 Å². The third-order valence-electron chi connectivity index (χ3n) is 5.01. The van der Waals surface area contributed by atoms with Gasteiger partial charge < -0.3 is 20.1 Å². The number of hydrogen-bond acceptors (Lipinski definition) is 4. The third kappa shape index (κ3) is 10.2. The fourth-order valence-electron chi connectivity index (χ4n) is 3.27. The van der Waals surface area contributed by atoms with Gasteiger partial charge in [0.25, 0.3) is 0 Å². The zero-order chi connectivity index (χ0) is 29.5. The minimum atomic E-state index is -2.11. The number of hydrogen-bond donors (Lipinski definition) is 4. The van der Waals surface area contributed by atoms with Crippen molar-refractivity contribution in [3.05, 3.63) is 83.9 Å². The molecule has 0 fully saturated rings. The van der Waals surface area contributed by atoms with Crippen molar-refractivity contribution < 1.29 is 19.1 Å². The first kappa shape index (κ1) is 32.1. The van der Waals surface area contributed by atoms with Gasteiger partial charge in [-0.3, -0.25) is 10.6 Å². The molecular weight excluding hydrogens is 645 g/mol. The summed E-state index contributed by atoms with van der Waals surface area (Å²) in [5, 5.41) is 10.2. The maximum atomic E-state index is 12.6. The molecule has 40 heavy (non-hydrogen) atoms. The zero-order valence-corrected chi connectivity index (χ0v) is 25.5. The van der Waals surface area contributed by atoms with Crippen LogP contribution in [0.2, 0.25) is 0 Å². The van der Waals surface area contributed by atoms with Crippen LogP contribution in [0, 0.1) is 13.8 Å². The lowest BCUT2D eigenvalue weighted by atomic mass is 10.2. The Morgan fingerprint density at radius 1 is 0.625 bits per heavy atom. The minimum Gasteiger partial charge on any atom is -0.462 e. The van der Waals surface area contributed by atoms with E-state index in [9.17, 15) is 9.59 Å². The lowest BCUT2D eigenvalue weighted by Gasteiger charge is -2.29. The Labute approximate surface area is 261 Å². The van der Waals surface area contributed by atoms with Crippen molar-refractivity contribution in [1.82, 2.24) is 10.6 Å². The maximum absolute atomic E-state index is 12.6. The van der Waals surface area contributed by atoms with Crippen LogP contribution in [0.15, 0.2) is 72.8 Å². The Kier molecular flexibility index (Phi) is 11.2. The lowest BCUT2D eigenvalue weighted by molar-refractivity contribution is 0.140. The van der Waals surface area contributed by atoms with Crippen molar-refractivity contribution in [2.24, 2.45) is 0 Å². The van der Waals surface area contributed by atoms with Crippen molar-refractivity contribution in [3.63, 3.8) is 0 Å². The van der Waals surface area contributed by atoms with Gasteiger partial charge >= 0.3 is 12.1 Å². The van der Waals surface area contributed by atoms with Crippen LogP contribution in [0.1, 0.15) is 11.1 Å². The summed E-state index contributed by atoms with van der Waals surface area (Å²) in [6.07, 6.45) is -2.98. The van der Waals surface area contributed by atoms with E-state index in [-0.39, 0.29) is 11.5 Å². The number of anilines is 2. The molecule has 0 saturated heterocycles. The molecule has 0 aliphatic carbocycles. The average Bonchev–Trinajstić information content (AvgIpc) is 2.83. The second kappa shape index (κ2) is 13.9. The van der Waals surface area contributed by atoms with E-state index >= 15 is 0 Å². The lowest BCUT2D eigenvalue weighted by Crippen LogP contribution is -2.50. The molecule has 0 radical (unpaired) electrons. The second-order valence-corrected chi connectivity index (χ2v) is 13.2. The van der Waals surface area contributed by atoms with Crippen LogP contribution < -0.4 is 30.7 Å². The molecule has 3 aromatic rings. The molecular formula is C26H24Cl6N4O4. The number of alkyl halides is 6. The summed E-state index contributed by atoms with van der Waals surface area (Å²) < 4.78 is 7.41. The quantitative estimate of drug-likeness (QED) is 0.144. The first-order valence-electron chi connectivity index (χ1n) is 11.5. The number of para-hydroxylation sites is 2. The fraction of sp³-hybridized carbons (Fsp3) is 0.231. The number of halogens is 6. The Bertz CT molecular complexity index is 1230. The van der Waals surface area contributed by atoms with Gasteiger partial charge in [0.2, 0.25) is 20.0 Å². The number of benzene rings is 3. The molecule has 0 aliphatic heterocycles. The molecule has 0 spiro atoms. The summed E-state index contributed by atoms with van der Waals surface area (Å²) in [7, 11) is 0. The van der Waals surface area contributed by atoms with E-state index in [0.717, 1.165) is 11.1 Å².